The quantitative estimate of drug-likeness (QED) is 0.680. The Morgan fingerprint density at radius 3 is 2.47 bits per heavy atom. The second-order valence-corrected chi connectivity index (χ2v) is 5.17. The molecule has 1 amide bonds. The number of amides is 1. The number of carboxylic acid groups (broad SMARTS) is 1. The minimum absolute atomic E-state index is 0.0897. The molecule has 6 heteroatoms. The molecule has 0 unspecified atom stereocenters. The van der Waals surface area contributed by atoms with Gasteiger partial charge in [0, 0.05) is 24.5 Å². The highest BCUT2D eigenvalue weighted by Crippen LogP contribution is 2.27. The molecule has 0 aliphatic heterocycles. The summed E-state index contributed by atoms with van der Waals surface area (Å²) in [4.78, 5) is 22.5. The van der Waals surface area contributed by atoms with Crippen LogP contribution in [0.25, 0.3) is 0 Å². The number of hydrogen-bond acceptors (Lipinski definition) is 4. The standard InChI is InChI=1S/C13H22N2O4/c1-6(2)19-10-5-9(13(17)18)7(3)11(14)12(10)15-8(4)16/h5-7,10-12H,14H2,1-4H3,(H,15,16)(H,17,18)/t7-,10-,11+,12+/m1/s1. The number of carbonyl (C=O) groups excluding carboxylic acids is 1. The normalized spacial score (nSPS) is 30.9. The average molecular weight is 270 g/mol. The van der Waals surface area contributed by atoms with E-state index in [4.69, 9.17) is 10.5 Å². The molecule has 6 nitrogen and oxygen atoms in total. The fourth-order valence-electron chi connectivity index (χ4n) is 2.29. The topological polar surface area (TPSA) is 102 Å². The smallest absolute Gasteiger partial charge is 0.331 e. The minimum atomic E-state index is -0.999. The molecule has 0 spiro atoms. The van der Waals surface area contributed by atoms with Crippen LogP contribution in [0.1, 0.15) is 27.7 Å². The number of nitrogens with two attached hydrogens (primary N) is 1. The van der Waals surface area contributed by atoms with Gasteiger partial charge in [-0.15, -0.1) is 0 Å². The summed E-state index contributed by atoms with van der Waals surface area (Å²) in [6.45, 7) is 6.84. The lowest BCUT2D eigenvalue weighted by atomic mass is 9.80. The van der Waals surface area contributed by atoms with Crippen LogP contribution in [0.4, 0.5) is 0 Å². The van der Waals surface area contributed by atoms with E-state index in [-0.39, 0.29) is 23.5 Å². The average Bonchev–Trinajstić information content (AvgIpc) is 2.27. The molecule has 108 valence electrons. The molecule has 0 aromatic rings. The van der Waals surface area contributed by atoms with E-state index in [1.165, 1.54) is 6.92 Å². The van der Waals surface area contributed by atoms with Crippen molar-refractivity contribution >= 4 is 11.9 Å². The van der Waals surface area contributed by atoms with E-state index in [2.05, 4.69) is 5.32 Å². The molecule has 1 aliphatic rings. The first kappa shape index (κ1) is 15.7. The maximum atomic E-state index is 11.3. The largest absolute Gasteiger partial charge is 0.478 e. The predicted octanol–water partition coefficient (Wildman–Crippen LogP) is 0.273. The zero-order valence-electron chi connectivity index (χ0n) is 11.7. The summed E-state index contributed by atoms with van der Waals surface area (Å²) in [5.74, 6) is -1.56. The van der Waals surface area contributed by atoms with Crippen molar-refractivity contribution in [2.75, 3.05) is 0 Å². The van der Waals surface area contributed by atoms with Gasteiger partial charge in [-0.2, -0.15) is 0 Å². The Morgan fingerprint density at radius 1 is 1.47 bits per heavy atom. The third kappa shape index (κ3) is 3.78. The molecule has 1 aliphatic carbocycles. The zero-order valence-corrected chi connectivity index (χ0v) is 11.7. The summed E-state index contributed by atoms with van der Waals surface area (Å²) in [6.07, 6.45) is 0.936. The van der Waals surface area contributed by atoms with E-state index in [9.17, 15) is 14.7 Å². The number of nitrogens with one attached hydrogen (secondary N) is 1. The summed E-state index contributed by atoms with van der Waals surface area (Å²) in [5.41, 5.74) is 6.30. The van der Waals surface area contributed by atoms with Gasteiger partial charge in [0.2, 0.25) is 5.91 Å². The van der Waals surface area contributed by atoms with Crippen LogP contribution in [0.15, 0.2) is 11.6 Å². The zero-order chi connectivity index (χ0) is 14.7. The van der Waals surface area contributed by atoms with E-state index in [1.807, 2.05) is 13.8 Å². The van der Waals surface area contributed by atoms with Gasteiger partial charge in [0.15, 0.2) is 0 Å². The first-order chi connectivity index (χ1) is 8.73. The lowest BCUT2D eigenvalue weighted by molar-refractivity contribution is -0.133. The van der Waals surface area contributed by atoms with Crippen molar-refractivity contribution < 1.29 is 19.4 Å². The third-order valence-corrected chi connectivity index (χ3v) is 3.23. The number of ether oxygens (including phenoxy) is 1. The first-order valence-corrected chi connectivity index (χ1v) is 6.37. The molecule has 0 saturated heterocycles. The Morgan fingerprint density at radius 2 is 2.05 bits per heavy atom. The van der Waals surface area contributed by atoms with Crippen LogP contribution in [-0.4, -0.2) is 41.3 Å². The Hall–Kier alpha value is -1.40. The first-order valence-electron chi connectivity index (χ1n) is 6.37. The van der Waals surface area contributed by atoms with Gasteiger partial charge < -0.3 is 20.9 Å². The Bertz CT molecular complexity index is 392. The van der Waals surface area contributed by atoms with Crippen LogP contribution < -0.4 is 11.1 Å². The van der Waals surface area contributed by atoms with Gasteiger partial charge in [-0.3, -0.25) is 4.79 Å². The van der Waals surface area contributed by atoms with Crippen LogP contribution in [-0.2, 0) is 14.3 Å². The van der Waals surface area contributed by atoms with Crippen LogP contribution in [0.3, 0.4) is 0 Å². The number of carbonyl (C=O) groups is 2. The molecular weight excluding hydrogens is 248 g/mol. The maximum Gasteiger partial charge on any atom is 0.331 e. The fraction of sp³-hybridized carbons (Fsp3) is 0.692. The van der Waals surface area contributed by atoms with Crippen LogP contribution in [0.2, 0.25) is 0 Å². The molecule has 0 saturated carbocycles. The number of aliphatic carboxylic acids is 1. The fourth-order valence-corrected chi connectivity index (χ4v) is 2.29. The highest BCUT2D eigenvalue weighted by Gasteiger charge is 2.39. The van der Waals surface area contributed by atoms with Crippen molar-refractivity contribution in [2.45, 2.75) is 52.0 Å². The molecule has 19 heavy (non-hydrogen) atoms. The molecule has 0 radical (unpaired) electrons. The lowest BCUT2D eigenvalue weighted by Gasteiger charge is -2.39. The molecule has 1 rings (SSSR count). The van der Waals surface area contributed by atoms with Crippen molar-refractivity contribution in [2.24, 2.45) is 11.7 Å². The summed E-state index contributed by atoms with van der Waals surface area (Å²) in [6, 6.07) is -0.915. The summed E-state index contributed by atoms with van der Waals surface area (Å²) in [5, 5.41) is 11.9. The van der Waals surface area contributed by atoms with Gasteiger partial charge in [-0.05, 0) is 19.9 Å². The van der Waals surface area contributed by atoms with Gasteiger partial charge in [-0.25, -0.2) is 4.79 Å². The SMILES string of the molecule is CC(=O)N[C@@H]1[C@@H](N)[C@H](C)C(C(=O)O)=C[C@H]1OC(C)C. The van der Waals surface area contributed by atoms with Crippen molar-refractivity contribution in [3.8, 4) is 0 Å². The van der Waals surface area contributed by atoms with Crippen molar-refractivity contribution in [1.29, 1.82) is 0 Å². The second kappa shape index (κ2) is 6.16. The van der Waals surface area contributed by atoms with Crippen molar-refractivity contribution in [3.63, 3.8) is 0 Å². The summed E-state index contributed by atoms with van der Waals surface area (Å²) in [7, 11) is 0. The molecule has 4 N–H and O–H groups in total. The predicted molar refractivity (Wildman–Crippen MR) is 70.5 cm³/mol. The van der Waals surface area contributed by atoms with Gasteiger partial charge in [0.1, 0.15) is 0 Å². The Balaban J connectivity index is 3.07. The monoisotopic (exact) mass is 270 g/mol. The maximum absolute atomic E-state index is 11.3. The van der Waals surface area contributed by atoms with Crippen LogP contribution in [0, 0.1) is 5.92 Å². The Labute approximate surface area is 113 Å². The Kier molecular flexibility index (Phi) is 5.08. The van der Waals surface area contributed by atoms with E-state index in [1.54, 1.807) is 13.0 Å². The third-order valence-electron chi connectivity index (χ3n) is 3.23. The highest BCUT2D eigenvalue weighted by molar-refractivity contribution is 5.88. The van der Waals surface area contributed by atoms with Gasteiger partial charge in [0.25, 0.3) is 0 Å². The van der Waals surface area contributed by atoms with E-state index in [0.29, 0.717) is 0 Å². The number of carboxylic acids is 1. The van der Waals surface area contributed by atoms with Gasteiger partial charge in [-0.1, -0.05) is 6.92 Å². The second-order valence-electron chi connectivity index (χ2n) is 5.17. The van der Waals surface area contributed by atoms with Crippen molar-refractivity contribution in [1.82, 2.24) is 5.32 Å². The molecule has 4 atom stereocenters. The van der Waals surface area contributed by atoms with Gasteiger partial charge >= 0.3 is 5.97 Å². The number of rotatable bonds is 4. The van der Waals surface area contributed by atoms with E-state index < -0.39 is 24.2 Å². The summed E-state index contributed by atoms with van der Waals surface area (Å²) < 4.78 is 5.67. The van der Waals surface area contributed by atoms with E-state index in [0.717, 1.165) is 0 Å². The van der Waals surface area contributed by atoms with Gasteiger partial charge in [0.05, 0.1) is 18.2 Å². The molecule has 0 bridgehead atoms. The van der Waals surface area contributed by atoms with Crippen LogP contribution >= 0.6 is 0 Å². The minimum Gasteiger partial charge on any atom is -0.478 e. The molecule has 0 fully saturated rings. The van der Waals surface area contributed by atoms with E-state index >= 15 is 0 Å². The highest BCUT2D eigenvalue weighted by atomic mass is 16.5. The van der Waals surface area contributed by atoms with Crippen LogP contribution in [0.5, 0.6) is 0 Å². The summed E-state index contributed by atoms with van der Waals surface area (Å²) >= 11 is 0. The molecule has 0 aromatic heterocycles. The molecule has 0 aromatic carbocycles. The van der Waals surface area contributed by atoms with Crippen molar-refractivity contribution in [3.05, 3.63) is 11.6 Å². The lowest BCUT2D eigenvalue weighted by Crippen LogP contribution is -2.59. The molecular formula is C13H22N2O4. The molecule has 0 heterocycles. The number of hydrogen-bond donors (Lipinski definition) is 3.